The van der Waals surface area contributed by atoms with Crippen LogP contribution in [0.15, 0.2) is 66.7 Å². The summed E-state index contributed by atoms with van der Waals surface area (Å²) in [4.78, 5) is 26.5. The smallest absolute Gasteiger partial charge is 0.259 e. The Kier molecular flexibility index (Phi) is 3.31. The predicted molar refractivity (Wildman–Crippen MR) is 93.9 cm³/mol. The highest BCUT2D eigenvalue weighted by Gasteiger charge is 2.37. The number of para-hydroxylation sites is 1. The minimum absolute atomic E-state index is 0.200. The van der Waals surface area contributed by atoms with Crippen LogP contribution in [0.2, 0.25) is 0 Å². The lowest BCUT2D eigenvalue weighted by atomic mass is 10.1. The van der Waals surface area contributed by atoms with Crippen LogP contribution in [0, 0.1) is 0 Å². The first-order valence-electron chi connectivity index (χ1n) is 7.85. The van der Waals surface area contributed by atoms with Gasteiger partial charge in [-0.3, -0.25) is 14.5 Å². The van der Waals surface area contributed by atoms with Gasteiger partial charge in [0.25, 0.3) is 5.91 Å². The summed E-state index contributed by atoms with van der Waals surface area (Å²) in [6.07, 6.45) is 0.463. The van der Waals surface area contributed by atoms with Crippen molar-refractivity contribution in [2.24, 2.45) is 5.73 Å². The maximum atomic E-state index is 13.1. The lowest BCUT2D eigenvalue weighted by Gasteiger charge is -2.23. The summed E-state index contributed by atoms with van der Waals surface area (Å²) < 4.78 is 0. The highest BCUT2D eigenvalue weighted by Crippen LogP contribution is 2.33. The molecule has 3 aromatic rings. The minimum Gasteiger partial charge on any atom is -0.368 e. The van der Waals surface area contributed by atoms with Crippen LogP contribution in [0.5, 0.6) is 0 Å². The number of nitrogens with zero attached hydrogens (tertiary/aromatic N) is 1. The summed E-state index contributed by atoms with van der Waals surface area (Å²) in [6, 6.07) is 20.4. The molecular weight excluding hydrogens is 300 g/mol. The van der Waals surface area contributed by atoms with Gasteiger partial charge in [-0.15, -0.1) is 0 Å². The molecule has 0 fully saturated rings. The Morgan fingerprint density at radius 1 is 0.917 bits per heavy atom. The van der Waals surface area contributed by atoms with E-state index in [1.807, 2.05) is 60.7 Å². The summed E-state index contributed by atoms with van der Waals surface area (Å²) in [7, 11) is 0. The van der Waals surface area contributed by atoms with E-state index in [0.29, 0.717) is 12.0 Å². The third-order valence-corrected chi connectivity index (χ3v) is 4.52. The molecule has 2 amide bonds. The first kappa shape index (κ1) is 14.5. The van der Waals surface area contributed by atoms with Crippen molar-refractivity contribution in [2.75, 3.05) is 4.90 Å². The topological polar surface area (TPSA) is 63.4 Å². The third kappa shape index (κ3) is 2.24. The van der Waals surface area contributed by atoms with E-state index >= 15 is 0 Å². The van der Waals surface area contributed by atoms with Crippen LogP contribution in [-0.4, -0.2) is 17.9 Å². The van der Waals surface area contributed by atoms with Crippen molar-refractivity contribution in [3.05, 3.63) is 77.9 Å². The number of primary amides is 1. The van der Waals surface area contributed by atoms with Crippen LogP contribution < -0.4 is 10.6 Å². The van der Waals surface area contributed by atoms with Gasteiger partial charge >= 0.3 is 0 Å². The van der Waals surface area contributed by atoms with E-state index < -0.39 is 11.9 Å². The van der Waals surface area contributed by atoms with Gasteiger partial charge in [0.2, 0.25) is 5.91 Å². The van der Waals surface area contributed by atoms with Crippen molar-refractivity contribution in [3.63, 3.8) is 0 Å². The number of nitrogens with two attached hydrogens (primary N) is 1. The Morgan fingerprint density at radius 3 is 2.42 bits per heavy atom. The van der Waals surface area contributed by atoms with Gasteiger partial charge < -0.3 is 5.73 Å². The van der Waals surface area contributed by atoms with Crippen LogP contribution in [0.4, 0.5) is 5.69 Å². The molecule has 3 aromatic carbocycles. The fourth-order valence-electron chi connectivity index (χ4n) is 3.33. The summed E-state index contributed by atoms with van der Waals surface area (Å²) in [6.45, 7) is 0. The van der Waals surface area contributed by atoms with E-state index in [4.69, 9.17) is 5.73 Å². The van der Waals surface area contributed by atoms with Gasteiger partial charge in [-0.05, 0) is 34.5 Å². The van der Waals surface area contributed by atoms with Crippen LogP contribution in [-0.2, 0) is 11.2 Å². The van der Waals surface area contributed by atoms with Gasteiger partial charge in [0.05, 0.1) is 0 Å². The van der Waals surface area contributed by atoms with Crippen molar-refractivity contribution in [2.45, 2.75) is 12.5 Å². The Bertz CT molecular complexity index is 965. The molecule has 0 aromatic heterocycles. The monoisotopic (exact) mass is 316 g/mol. The molecule has 1 atom stereocenters. The van der Waals surface area contributed by atoms with Crippen molar-refractivity contribution in [1.82, 2.24) is 0 Å². The molecule has 118 valence electrons. The maximum Gasteiger partial charge on any atom is 0.259 e. The van der Waals surface area contributed by atoms with Gasteiger partial charge in [0, 0.05) is 17.7 Å². The maximum absolute atomic E-state index is 13.1. The third-order valence-electron chi connectivity index (χ3n) is 4.52. The molecule has 0 aliphatic carbocycles. The molecule has 1 unspecified atom stereocenters. The fourth-order valence-corrected chi connectivity index (χ4v) is 3.33. The standard InChI is InChI=1S/C20H16N2O2/c21-19(23)18-12-15-7-3-4-8-17(15)22(18)20(24)16-10-9-13-5-1-2-6-14(13)11-16/h1-11,18H,12H2,(H2,21,23). The van der Waals surface area contributed by atoms with E-state index in [2.05, 4.69) is 0 Å². The van der Waals surface area contributed by atoms with E-state index in [1.54, 1.807) is 6.07 Å². The Hall–Kier alpha value is -3.14. The van der Waals surface area contributed by atoms with E-state index in [0.717, 1.165) is 22.0 Å². The second-order valence-electron chi connectivity index (χ2n) is 5.99. The molecule has 1 aliphatic rings. The predicted octanol–water partition coefficient (Wildman–Crippen LogP) is 2.90. The highest BCUT2D eigenvalue weighted by atomic mass is 16.2. The number of hydrogen-bond acceptors (Lipinski definition) is 2. The molecule has 0 saturated carbocycles. The number of anilines is 1. The average molecular weight is 316 g/mol. The Labute approximate surface area is 139 Å². The minimum atomic E-state index is -0.638. The molecular formula is C20H16N2O2. The summed E-state index contributed by atoms with van der Waals surface area (Å²) in [5.74, 6) is -0.685. The molecule has 2 N–H and O–H groups in total. The van der Waals surface area contributed by atoms with E-state index in [9.17, 15) is 9.59 Å². The Morgan fingerprint density at radius 2 is 1.62 bits per heavy atom. The first-order valence-corrected chi connectivity index (χ1v) is 7.85. The quantitative estimate of drug-likeness (QED) is 0.790. The van der Waals surface area contributed by atoms with Crippen LogP contribution in [0.1, 0.15) is 15.9 Å². The van der Waals surface area contributed by atoms with E-state index in [-0.39, 0.29) is 5.91 Å². The first-order chi connectivity index (χ1) is 11.6. The Balaban J connectivity index is 1.79. The number of hydrogen-bond donors (Lipinski definition) is 1. The number of amides is 2. The second-order valence-corrected chi connectivity index (χ2v) is 5.99. The van der Waals surface area contributed by atoms with Crippen molar-refractivity contribution >= 4 is 28.3 Å². The molecule has 0 saturated heterocycles. The fraction of sp³-hybridized carbons (Fsp3) is 0.100. The van der Waals surface area contributed by atoms with Gasteiger partial charge in [0.15, 0.2) is 0 Å². The molecule has 1 heterocycles. The SMILES string of the molecule is NC(=O)C1Cc2ccccc2N1C(=O)c1ccc2ccccc2c1. The van der Waals surface area contributed by atoms with Crippen LogP contribution in [0.25, 0.3) is 10.8 Å². The zero-order chi connectivity index (χ0) is 16.7. The number of rotatable bonds is 2. The summed E-state index contributed by atoms with van der Waals surface area (Å²) in [5.41, 5.74) is 7.82. The largest absolute Gasteiger partial charge is 0.368 e. The molecule has 4 heteroatoms. The highest BCUT2D eigenvalue weighted by molar-refractivity contribution is 6.12. The molecule has 4 nitrogen and oxygen atoms in total. The summed E-state index contributed by atoms with van der Waals surface area (Å²) in [5, 5.41) is 2.06. The number of carbonyl (C=O) groups is 2. The van der Waals surface area contributed by atoms with E-state index in [1.165, 1.54) is 4.90 Å². The average Bonchev–Trinajstić information content (AvgIpc) is 3.00. The zero-order valence-electron chi connectivity index (χ0n) is 13.0. The van der Waals surface area contributed by atoms with Gasteiger partial charge in [-0.25, -0.2) is 0 Å². The van der Waals surface area contributed by atoms with Crippen LogP contribution >= 0.6 is 0 Å². The van der Waals surface area contributed by atoms with Crippen LogP contribution in [0.3, 0.4) is 0 Å². The number of benzene rings is 3. The van der Waals surface area contributed by atoms with Gasteiger partial charge in [-0.1, -0.05) is 48.5 Å². The lowest BCUT2D eigenvalue weighted by Crippen LogP contribution is -2.46. The molecule has 4 rings (SSSR count). The molecule has 0 bridgehead atoms. The number of carbonyl (C=O) groups excluding carboxylic acids is 2. The lowest BCUT2D eigenvalue weighted by molar-refractivity contribution is -0.119. The molecule has 24 heavy (non-hydrogen) atoms. The van der Waals surface area contributed by atoms with Crippen molar-refractivity contribution in [3.8, 4) is 0 Å². The van der Waals surface area contributed by atoms with Crippen molar-refractivity contribution < 1.29 is 9.59 Å². The summed E-state index contributed by atoms with van der Waals surface area (Å²) >= 11 is 0. The normalized spacial score (nSPS) is 16.2. The molecule has 0 spiro atoms. The second kappa shape index (κ2) is 5.49. The zero-order valence-corrected chi connectivity index (χ0v) is 13.0. The molecule has 0 radical (unpaired) electrons. The van der Waals surface area contributed by atoms with Gasteiger partial charge in [0.1, 0.15) is 6.04 Å². The number of fused-ring (bicyclic) bond motifs is 2. The van der Waals surface area contributed by atoms with Crippen molar-refractivity contribution in [1.29, 1.82) is 0 Å². The van der Waals surface area contributed by atoms with Gasteiger partial charge in [-0.2, -0.15) is 0 Å². The molecule has 1 aliphatic heterocycles.